The fourth-order valence-corrected chi connectivity index (χ4v) is 2.11. The molecule has 0 amide bonds. The Bertz CT molecular complexity index is 758. The first kappa shape index (κ1) is 19.2. The summed E-state index contributed by atoms with van der Waals surface area (Å²) in [7, 11) is 1.30. The first-order chi connectivity index (χ1) is 12.5. The van der Waals surface area contributed by atoms with E-state index in [1.165, 1.54) is 13.2 Å². The number of benzene rings is 2. The van der Waals surface area contributed by atoms with Crippen LogP contribution in [0.15, 0.2) is 54.6 Å². The van der Waals surface area contributed by atoms with Crippen LogP contribution in [-0.4, -0.2) is 31.6 Å². The molecule has 2 aromatic rings. The van der Waals surface area contributed by atoms with Gasteiger partial charge in [0.15, 0.2) is 12.4 Å². The second-order valence-corrected chi connectivity index (χ2v) is 5.82. The highest BCUT2D eigenvalue weighted by Gasteiger charge is 2.05. The van der Waals surface area contributed by atoms with E-state index in [-0.39, 0.29) is 18.5 Å². The molecule has 0 bridgehead atoms. The number of hydrogen-bond donors (Lipinski definition) is 0. The SMILES string of the molecule is COC(=O)COc1ccc(C(=O)C=Cc2ccc(OC(C)C)cc2)cc1. The molecule has 0 fully saturated rings. The lowest BCUT2D eigenvalue weighted by Crippen LogP contribution is -2.12. The molecule has 0 saturated heterocycles. The summed E-state index contributed by atoms with van der Waals surface area (Å²) in [5, 5.41) is 0. The van der Waals surface area contributed by atoms with Crippen LogP contribution >= 0.6 is 0 Å². The molecule has 0 spiro atoms. The predicted octanol–water partition coefficient (Wildman–Crippen LogP) is 3.92. The molecule has 5 nitrogen and oxygen atoms in total. The van der Waals surface area contributed by atoms with Gasteiger partial charge in [-0.1, -0.05) is 18.2 Å². The van der Waals surface area contributed by atoms with E-state index in [1.54, 1.807) is 30.3 Å². The minimum atomic E-state index is -0.460. The molecule has 0 aromatic heterocycles. The van der Waals surface area contributed by atoms with Crippen LogP contribution in [0.3, 0.4) is 0 Å². The Morgan fingerprint density at radius 3 is 2.15 bits per heavy atom. The molecule has 5 heteroatoms. The number of esters is 1. The molecule has 0 saturated carbocycles. The number of ether oxygens (including phenoxy) is 3. The average Bonchev–Trinajstić information content (AvgIpc) is 2.65. The second-order valence-electron chi connectivity index (χ2n) is 5.82. The molecule has 0 aliphatic rings. The molecular formula is C21H22O5. The molecule has 0 aliphatic carbocycles. The largest absolute Gasteiger partial charge is 0.491 e. The number of ketones is 1. The number of hydrogen-bond acceptors (Lipinski definition) is 5. The Morgan fingerprint density at radius 1 is 0.962 bits per heavy atom. The fraction of sp³-hybridized carbons (Fsp3) is 0.238. The molecule has 26 heavy (non-hydrogen) atoms. The van der Waals surface area contributed by atoms with E-state index >= 15 is 0 Å². The quantitative estimate of drug-likeness (QED) is 0.408. The zero-order valence-electron chi connectivity index (χ0n) is 15.1. The van der Waals surface area contributed by atoms with E-state index in [1.807, 2.05) is 38.1 Å². The maximum Gasteiger partial charge on any atom is 0.343 e. The first-order valence-corrected chi connectivity index (χ1v) is 8.26. The Morgan fingerprint density at radius 2 is 1.58 bits per heavy atom. The fourth-order valence-electron chi connectivity index (χ4n) is 2.11. The van der Waals surface area contributed by atoms with Gasteiger partial charge in [-0.15, -0.1) is 0 Å². The summed E-state index contributed by atoms with van der Waals surface area (Å²) >= 11 is 0. The number of carbonyl (C=O) groups excluding carboxylic acids is 2. The minimum Gasteiger partial charge on any atom is -0.491 e. The highest BCUT2D eigenvalue weighted by Crippen LogP contribution is 2.16. The third-order valence-electron chi connectivity index (χ3n) is 3.40. The normalized spacial score (nSPS) is 10.8. The number of rotatable bonds is 8. The molecular weight excluding hydrogens is 332 g/mol. The van der Waals surface area contributed by atoms with Crippen molar-refractivity contribution in [2.24, 2.45) is 0 Å². The highest BCUT2D eigenvalue weighted by molar-refractivity contribution is 6.06. The lowest BCUT2D eigenvalue weighted by molar-refractivity contribution is -0.142. The third-order valence-corrected chi connectivity index (χ3v) is 3.40. The maximum absolute atomic E-state index is 12.2. The molecule has 136 valence electrons. The number of carbonyl (C=O) groups is 2. The highest BCUT2D eigenvalue weighted by atomic mass is 16.6. The number of methoxy groups -OCH3 is 1. The Labute approximate surface area is 153 Å². The molecule has 0 atom stereocenters. The molecule has 0 heterocycles. The van der Waals surface area contributed by atoms with Gasteiger partial charge in [0.05, 0.1) is 13.2 Å². The van der Waals surface area contributed by atoms with Crippen LogP contribution in [0.5, 0.6) is 11.5 Å². The van der Waals surface area contributed by atoms with Gasteiger partial charge in [0, 0.05) is 5.56 Å². The number of allylic oxidation sites excluding steroid dienone is 1. The van der Waals surface area contributed by atoms with E-state index < -0.39 is 5.97 Å². The van der Waals surface area contributed by atoms with Crippen molar-refractivity contribution >= 4 is 17.8 Å². The van der Waals surface area contributed by atoms with E-state index in [0.717, 1.165) is 11.3 Å². The lowest BCUT2D eigenvalue weighted by Gasteiger charge is -2.09. The summed E-state index contributed by atoms with van der Waals surface area (Å²) in [4.78, 5) is 23.3. The van der Waals surface area contributed by atoms with Gasteiger partial charge in [0.25, 0.3) is 0 Å². The van der Waals surface area contributed by atoms with E-state index in [4.69, 9.17) is 9.47 Å². The minimum absolute atomic E-state index is 0.118. The standard InChI is InChI=1S/C21H22O5/c1-15(2)26-19-9-4-16(5-10-19)6-13-20(22)17-7-11-18(12-8-17)25-14-21(23)24-3/h4-13,15H,14H2,1-3H3. The van der Waals surface area contributed by atoms with Crippen LogP contribution in [0.2, 0.25) is 0 Å². The summed E-state index contributed by atoms with van der Waals surface area (Å²) < 4.78 is 15.3. The van der Waals surface area contributed by atoms with Gasteiger partial charge in [-0.05, 0) is 61.9 Å². The Hall–Kier alpha value is -3.08. The zero-order valence-corrected chi connectivity index (χ0v) is 15.1. The molecule has 2 aromatic carbocycles. The van der Waals surface area contributed by atoms with Crippen molar-refractivity contribution in [3.63, 3.8) is 0 Å². The Balaban J connectivity index is 1.94. The molecule has 2 rings (SSSR count). The van der Waals surface area contributed by atoms with Gasteiger partial charge in [0.1, 0.15) is 11.5 Å². The van der Waals surface area contributed by atoms with Crippen molar-refractivity contribution < 1.29 is 23.8 Å². The van der Waals surface area contributed by atoms with Gasteiger partial charge in [-0.25, -0.2) is 4.79 Å². The average molecular weight is 354 g/mol. The van der Waals surface area contributed by atoms with Crippen molar-refractivity contribution in [2.75, 3.05) is 13.7 Å². The van der Waals surface area contributed by atoms with Crippen molar-refractivity contribution in [1.29, 1.82) is 0 Å². The van der Waals surface area contributed by atoms with Crippen LogP contribution in [0.4, 0.5) is 0 Å². The van der Waals surface area contributed by atoms with Crippen LogP contribution in [0.25, 0.3) is 6.08 Å². The third kappa shape index (κ3) is 6.09. The monoisotopic (exact) mass is 354 g/mol. The van der Waals surface area contributed by atoms with Gasteiger partial charge >= 0.3 is 5.97 Å². The summed E-state index contributed by atoms with van der Waals surface area (Å²) in [6, 6.07) is 14.1. The van der Waals surface area contributed by atoms with Crippen LogP contribution in [-0.2, 0) is 9.53 Å². The summed E-state index contributed by atoms with van der Waals surface area (Å²) in [6.45, 7) is 3.77. The Kier molecular flexibility index (Phi) is 6.97. The van der Waals surface area contributed by atoms with Gasteiger partial charge in [0.2, 0.25) is 0 Å². The summed E-state index contributed by atoms with van der Waals surface area (Å²) in [5.74, 6) is 0.715. The van der Waals surface area contributed by atoms with Crippen LogP contribution in [0.1, 0.15) is 29.8 Å². The van der Waals surface area contributed by atoms with Crippen molar-refractivity contribution in [3.05, 3.63) is 65.7 Å². The molecule has 0 aliphatic heterocycles. The van der Waals surface area contributed by atoms with Crippen molar-refractivity contribution in [1.82, 2.24) is 0 Å². The molecule has 0 radical (unpaired) electrons. The second kappa shape index (κ2) is 9.42. The molecule has 0 N–H and O–H groups in total. The van der Waals surface area contributed by atoms with Gasteiger partial charge in [-0.2, -0.15) is 0 Å². The lowest BCUT2D eigenvalue weighted by atomic mass is 10.1. The van der Waals surface area contributed by atoms with Crippen molar-refractivity contribution in [3.8, 4) is 11.5 Å². The first-order valence-electron chi connectivity index (χ1n) is 8.26. The van der Waals surface area contributed by atoms with E-state index in [9.17, 15) is 9.59 Å². The smallest absolute Gasteiger partial charge is 0.343 e. The van der Waals surface area contributed by atoms with Crippen LogP contribution < -0.4 is 9.47 Å². The van der Waals surface area contributed by atoms with Gasteiger partial charge in [-0.3, -0.25) is 4.79 Å². The zero-order chi connectivity index (χ0) is 18.9. The topological polar surface area (TPSA) is 61.8 Å². The summed E-state index contributed by atoms with van der Waals surface area (Å²) in [5.41, 5.74) is 1.44. The maximum atomic E-state index is 12.2. The molecule has 0 unspecified atom stereocenters. The van der Waals surface area contributed by atoms with Gasteiger partial charge < -0.3 is 14.2 Å². The van der Waals surface area contributed by atoms with Crippen molar-refractivity contribution in [2.45, 2.75) is 20.0 Å². The van der Waals surface area contributed by atoms with Crippen LogP contribution in [0, 0.1) is 0 Å². The summed E-state index contributed by atoms with van der Waals surface area (Å²) in [6.07, 6.45) is 3.39. The van der Waals surface area contributed by atoms with E-state index in [2.05, 4.69) is 4.74 Å². The van der Waals surface area contributed by atoms with E-state index in [0.29, 0.717) is 11.3 Å². The predicted molar refractivity (Wildman–Crippen MR) is 99.5 cm³/mol.